The summed E-state index contributed by atoms with van der Waals surface area (Å²) in [7, 11) is 1.43. The van der Waals surface area contributed by atoms with Crippen LogP contribution in [0.15, 0.2) is 54.1 Å². The second-order valence-corrected chi connectivity index (χ2v) is 11.7. The van der Waals surface area contributed by atoms with E-state index in [9.17, 15) is 28.7 Å². The molecule has 2 aromatic carbocycles. The zero-order valence-electron chi connectivity index (χ0n) is 20.5. The molecule has 3 fully saturated rings. The number of phenolic OH excluding ortho intramolecular Hbond substituents is 1. The Morgan fingerprint density at radius 2 is 1.66 bits per heavy atom. The lowest BCUT2D eigenvalue weighted by Crippen LogP contribution is -2.60. The molecule has 2 heterocycles. The predicted octanol–water partition coefficient (Wildman–Crippen LogP) is 4.03. The van der Waals surface area contributed by atoms with Crippen molar-refractivity contribution in [3.05, 3.63) is 71.1 Å². The Balaban J connectivity index is 1.60. The van der Waals surface area contributed by atoms with Crippen molar-refractivity contribution in [2.24, 2.45) is 17.8 Å². The van der Waals surface area contributed by atoms with Gasteiger partial charge in [0.1, 0.15) is 11.6 Å². The van der Waals surface area contributed by atoms with E-state index >= 15 is 0 Å². The maximum Gasteiger partial charge on any atom is 0.258 e. The number of carbonyl (C=O) groups excluding carboxylic acids is 4. The zero-order chi connectivity index (χ0) is 27.3. The van der Waals surface area contributed by atoms with Crippen LogP contribution in [0.2, 0.25) is 0 Å². The Labute approximate surface area is 227 Å². The van der Waals surface area contributed by atoms with Gasteiger partial charge in [-0.2, -0.15) is 0 Å². The molecule has 6 unspecified atom stereocenters. The van der Waals surface area contributed by atoms with Crippen LogP contribution in [0.5, 0.6) is 5.75 Å². The lowest BCUT2D eigenvalue weighted by atomic mass is 9.56. The summed E-state index contributed by atoms with van der Waals surface area (Å²) in [6.07, 6.45) is 1.89. The number of nitrogens with zero attached hydrogens (tertiary/aromatic N) is 2. The molecule has 2 aliphatic carbocycles. The zero-order valence-corrected chi connectivity index (χ0v) is 22.0. The first kappa shape index (κ1) is 25.1. The molecule has 4 aliphatic rings. The van der Waals surface area contributed by atoms with Gasteiger partial charge in [0.15, 0.2) is 9.75 Å². The van der Waals surface area contributed by atoms with Crippen molar-refractivity contribution in [3.63, 3.8) is 0 Å². The van der Waals surface area contributed by atoms with Crippen molar-refractivity contribution < 1.29 is 28.7 Å². The van der Waals surface area contributed by atoms with Gasteiger partial charge in [-0.05, 0) is 55.5 Å². The number of halogens is 3. The summed E-state index contributed by atoms with van der Waals surface area (Å²) < 4.78 is 13.7. The fraction of sp³-hybridized carbons (Fsp3) is 0.357. The van der Waals surface area contributed by atoms with Crippen LogP contribution in [0, 0.1) is 30.5 Å². The van der Waals surface area contributed by atoms with Crippen LogP contribution in [-0.2, 0) is 19.2 Å². The number of imide groups is 2. The largest absolute Gasteiger partial charge is 0.507 e. The number of fused-ring (bicyclic) bond motifs is 4. The highest BCUT2D eigenvalue weighted by molar-refractivity contribution is 6.58. The molecule has 10 heteroatoms. The Morgan fingerprint density at radius 1 is 0.974 bits per heavy atom. The topological polar surface area (TPSA) is 95.0 Å². The Bertz CT molecular complexity index is 1480. The molecule has 2 saturated heterocycles. The summed E-state index contributed by atoms with van der Waals surface area (Å²) in [5, 5.41) is 11.1. The molecule has 2 aromatic rings. The first-order valence-electron chi connectivity index (χ1n) is 12.3. The van der Waals surface area contributed by atoms with Crippen molar-refractivity contribution in [3.8, 4) is 5.75 Å². The summed E-state index contributed by atoms with van der Waals surface area (Å²) in [5.74, 6) is -6.07. The molecule has 0 spiro atoms. The van der Waals surface area contributed by atoms with Crippen LogP contribution in [0.1, 0.15) is 29.9 Å². The van der Waals surface area contributed by atoms with E-state index in [0.717, 1.165) is 21.9 Å². The minimum atomic E-state index is -2.07. The smallest absolute Gasteiger partial charge is 0.258 e. The molecule has 6 rings (SSSR count). The van der Waals surface area contributed by atoms with Gasteiger partial charge in [0.05, 0.1) is 17.5 Å². The second kappa shape index (κ2) is 8.13. The van der Waals surface area contributed by atoms with Crippen LogP contribution in [0.25, 0.3) is 0 Å². The first-order chi connectivity index (χ1) is 17.9. The highest BCUT2D eigenvalue weighted by Crippen LogP contribution is 2.66. The van der Waals surface area contributed by atoms with Gasteiger partial charge in [0, 0.05) is 18.5 Å². The van der Waals surface area contributed by atoms with E-state index in [1.54, 1.807) is 25.1 Å². The third-order valence-corrected chi connectivity index (χ3v) is 10.1. The summed E-state index contributed by atoms with van der Waals surface area (Å²) in [4.78, 5) is 52.2. The molecule has 0 aromatic heterocycles. The minimum Gasteiger partial charge on any atom is -0.507 e. The number of likely N-dealkylation sites (tertiary alicyclic amines) is 1. The van der Waals surface area contributed by atoms with E-state index < -0.39 is 51.1 Å². The minimum absolute atomic E-state index is 0.102. The molecule has 0 radical (unpaired) electrons. The van der Waals surface area contributed by atoms with Gasteiger partial charge in [-0.1, -0.05) is 29.8 Å². The number of anilines is 1. The quantitative estimate of drug-likeness (QED) is 0.342. The number of phenols is 1. The molecular formula is C28H23Cl2FN2O5. The summed E-state index contributed by atoms with van der Waals surface area (Å²) in [6, 6.07) is 9.84. The third kappa shape index (κ3) is 2.96. The van der Waals surface area contributed by atoms with Crippen LogP contribution in [0.4, 0.5) is 10.1 Å². The maximum absolute atomic E-state index is 14.2. The molecule has 1 N–H and O–H groups in total. The van der Waals surface area contributed by atoms with Gasteiger partial charge >= 0.3 is 0 Å². The van der Waals surface area contributed by atoms with Gasteiger partial charge in [0.25, 0.3) is 11.8 Å². The normalized spacial score (nSPS) is 34.3. The number of rotatable bonds is 2. The monoisotopic (exact) mass is 556 g/mol. The van der Waals surface area contributed by atoms with Crippen molar-refractivity contribution >= 4 is 52.5 Å². The molecule has 38 heavy (non-hydrogen) atoms. The molecule has 6 atom stereocenters. The van der Waals surface area contributed by atoms with E-state index in [1.807, 2.05) is 6.08 Å². The van der Waals surface area contributed by atoms with Crippen molar-refractivity contribution in [2.45, 2.75) is 35.4 Å². The number of hydrogen-bond acceptors (Lipinski definition) is 5. The molecule has 1 saturated carbocycles. The molecule has 2 aliphatic heterocycles. The summed E-state index contributed by atoms with van der Waals surface area (Å²) >= 11 is 14.4. The fourth-order valence-corrected chi connectivity index (χ4v) is 7.74. The number of aromatic hydroxyl groups is 1. The second-order valence-electron chi connectivity index (χ2n) is 10.5. The van der Waals surface area contributed by atoms with Gasteiger partial charge in [-0.25, -0.2) is 9.29 Å². The summed E-state index contributed by atoms with van der Waals surface area (Å²) in [5.41, 5.74) is 1.52. The van der Waals surface area contributed by atoms with Crippen molar-refractivity contribution in [2.75, 3.05) is 11.9 Å². The lowest BCUT2D eigenvalue weighted by molar-refractivity contribution is -0.138. The molecule has 7 nitrogen and oxygen atoms in total. The molecule has 4 amide bonds. The number of allylic oxidation sites excluding steroid dienone is 2. The molecular weight excluding hydrogens is 534 g/mol. The van der Waals surface area contributed by atoms with E-state index in [-0.39, 0.29) is 36.1 Å². The van der Waals surface area contributed by atoms with Crippen LogP contribution >= 0.6 is 23.2 Å². The number of amides is 4. The van der Waals surface area contributed by atoms with E-state index in [4.69, 9.17) is 23.2 Å². The van der Waals surface area contributed by atoms with Crippen molar-refractivity contribution in [1.29, 1.82) is 0 Å². The number of hydrogen-bond donors (Lipinski definition) is 1. The average Bonchev–Trinajstić information content (AvgIpc) is 3.20. The maximum atomic E-state index is 14.2. The van der Waals surface area contributed by atoms with E-state index in [0.29, 0.717) is 16.7 Å². The number of benzene rings is 2. The van der Waals surface area contributed by atoms with Gasteiger partial charge in [-0.15, -0.1) is 23.2 Å². The Morgan fingerprint density at radius 3 is 2.34 bits per heavy atom. The molecule has 196 valence electrons. The lowest BCUT2D eigenvalue weighted by Gasteiger charge is -2.50. The number of para-hydroxylation sites is 1. The van der Waals surface area contributed by atoms with Crippen LogP contribution in [-0.4, -0.2) is 50.4 Å². The van der Waals surface area contributed by atoms with Crippen LogP contribution < -0.4 is 4.90 Å². The average molecular weight is 557 g/mol. The van der Waals surface area contributed by atoms with E-state index in [1.165, 1.54) is 19.2 Å². The van der Waals surface area contributed by atoms with Crippen LogP contribution in [0.3, 0.4) is 0 Å². The van der Waals surface area contributed by atoms with Crippen molar-refractivity contribution in [1.82, 2.24) is 4.90 Å². The third-order valence-electron chi connectivity index (χ3n) is 8.70. The van der Waals surface area contributed by atoms with E-state index in [2.05, 4.69) is 0 Å². The number of aryl methyl sites for hydroxylation is 1. The fourth-order valence-electron chi connectivity index (χ4n) is 6.82. The van der Waals surface area contributed by atoms with Gasteiger partial charge in [-0.3, -0.25) is 24.1 Å². The Hall–Kier alpha value is -3.23. The molecule has 0 bridgehead atoms. The first-order valence-corrected chi connectivity index (χ1v) is 13.0. The number of carbonyl (C=O) groups is 4. The standard InChI is InChI=1S/C28H23Cl2FN2O5/c1-13-4-3-5-18(22(13)34)21-16-10-11-17-20(24(36)32(2)23(17)35)19(16)12-27(29)25(37)33(26(38)28(21,27)30)15-8-6-14(31)7-9-15/h3-10,17,19-21,34H,11-12H2,1-2H3. The summed E-state index contributed by atoms with van der Waals surface area (Å²) in [6.45, 7) is 1.69. The SMILES string of the molecule is Cc1cccc(C2C3=CCC4C(=O)N(C)C(=O)C4C3CC3(Cl)C(=O)N(c4ccc(F)cc4)C(=O)C23Cl)c1O. The van der Waals surface area contributed by atoms with Gasteiger partial charge < -0.3 is 5.11 Å². The Kier molecular flexibility index (Phi) is 5.37. The van der Waals surface area contributed by atoms with Gasteiger partial charge in [0.2, 0.25) is 11.8 Å². The highest BCUT2D eigenvalue weighted by Gasteiger charge is 2.76. The highest BCUT2D eigenvalue weighted by atomic mass is 35.5. The number of alkyl halides is 2. The predicted molar refractivity (Wildman–Crippen MR) is 137 cm³/mol.